The van der Waals surface area contributed by atoms with Crippen molar-refractivity contribution >= 4 is 16.8 Å². The molecule has 0 spiro atoms. The second-order valence-electron chi connectivity index (χ2n) is 4.52. The molecule has 2 aromatic heterocycles. The van der Waals surface area contributed by atoms with E-state index in [9.17, 15) is 0 Å². The Balaban J connectivity index is 2.04. The quantitative estimate of drug-likeness (QED) is 0.762. The summed E-state index contributed by atoms with van der Waals surface area (Å²) in [6.45, 7) is 2.16. The molecule has 0 bridgehead atoms. The zero-order chi connectivity index (χ0) is 13.2. The molecule has 3 rings (SSSR count). The number of furan rings is 1. The van der Waals surface area contributed by atoms with Gasteiger partial charge in [0.1, 0.15) is 17.2 Å². The van der Waals surface area contributed by atoms with E-state index in [1.165, 1.54) is 5.56 Å². The van der Waals surface area contributed by atoms with E-state index in [-0.39, 0.29) is 0 Å². The Hall–Kier alpha value is -2.29. The average molecular weight is 252 g/mol. The van der Waals surface area contributed by atoms with Gasteiger partial charge >= 0.3 is 0 Å². The Bertz CT molecular complexity index is 698. The number of nitrogens with one attached hydrogen (secondary N) is 1. The van der Waals surface area contributed by atoms with Crippen molar-refractivity contribution in [1.29, 1.82) is 0 Å². The van der Waals surface area contributed by atoms with Crippen LogP contribution in [0.15, 0.2) is 47.0 Å². The van der Waals surface area contributed by atoms with E-state index in [2.05, 4.69) is 35.4 Å². The number of nitrogens with zero attached hydrogens (tertiary/aromatic N) is 1. The van der Waals surface area contributed by atoms with Gasteiger partial charge in [-0.2, -0.15) is 0 Å². The van der Waals surface area contributed by atoms with E-state index < -0.39 is 0 Å². The molecule has 0 unspecified atom stereocenters. The molecule has 0 aliphatic carbocycles. The van der Waals surface area contributed by atoms with Crippen LogP contribution in [0.5, 0.6) is 0 Å². The number of hydrogen-bond acceptors (Lipinski definition) is 3. The summed E-state index contributed by atoms with van der Waals surface area (Å²) >= 11 is 0. The number of hydrogen-bond donors (Lipinski definition) is 1. The van der Waals surface area contributed by atoms with Crippen molar-refractivity contribution in [2.24, 2.45) is 0 Å². The number of anilines is 1. The van der Waals surface area contributed by atoms with Crippen molar-refractivity contribution in [1.82, 2.24) is 4.98 Å². The molecule has 0 atom stereocenters. The average Bonchev–Trinajstić information content (AvgIpc) is 2.90. The summed E-state index contributed by atoms with van der Waals surface area (Å²) in [6, 6.07) is 12.4. The zero-order valence-electron chi connectivity index (χ0n) is 11.1. The molecule has 0 saturated carbocycles. The Labute approximate surface area is 112 Å². The van der Waals surface area contributed by atoms with Crippen LogP contribution in [-0.4, -0.2) is 12.0 Å². The van der Waals surface area contributed by atoms with Crippen LogP contribution in [0.2, 0.25) is 0 Å². The summed E-state index contributed by atoms with van der Waals surface area (Å²) in [7, 11) is 1.86. The lowest BCUT2D eigenvalue weighted by atomic mass is 10.1. The highest BCUT2D eigenvalue weighted by atomic mass is 16.3. The van der Waals surface area contributed by atoms with Crippen LogP contribution in [-0.2, 0) is 6.42 Å². The van der Waals surface area contributed by atoms with Crippen molar-refractivity contribution in [2.75, 3.05) is 12.4 Å². The van der Waals surface area contributed by atoms with Gasteiger partial charge in [0.25, 0.3) is 0 Å². The van der Waals surface area contributed by atoms with Crippen molar-refractivity contribution in [3.8, 4) is 11.3 Å². The van der Waals surface area contributed by atoms with Crippen molar-refractivity contribution in [3.05, 3.63) is 48.2 Å². The second-order valence-corrected chi connectivity index (χ2v) is 4.52. The highest BCUT2D eigenvalue weighted by Gasteiger charge is 2.07. The Morgan fingerprint density at radius 2 is 2.05 bits per heavy atom. The van der Waals surface area contributed by atoms with Gasteiger partial charge in [-0.15, -0.1) is 0 Å². The molecular formula is C16H16N2O. The highest BCUT2D eigenvalue weighted by Crippen LogP contribution is 2.28. The molecular weight excluding hydrogens is 236 g/mol. The first kappa shape index (κ1) is 11.8. The van der Waals surface area contributed by atoms with E-state index in [4.69, 9.17) is 4.42 Å². The largest absolute Gasteiger partial charge is 0.456 e. The van der Waals surface area contributed by atoms with Gasteiger partial charge in [-0.25, -0.2) is 4.98 Å². The van der Waals surface area contributed by atoms with Crippen LogP contribution in [0.3, 0.4) is 0 Å². The molecule has 3 nitrogen and oxygen atoms in total. The lowest BCUT2D eigenvalue weighted by molar-refractivity contribution is 0.631. The summed E-state index contributed by atoms with van der Waals surface area (Å²) in [5.41, 5.74) is 3.24. The van der Waals surface area contributed by atoms with Gasteiger partial charge < -0.3 is 9.73 Å². The maximum atomic E-state index is 5.87. The van der Waals surface area contributed by atoms with Crippen molar-refractivity contribution < 1.29 is 4.42 Å². The van der Waals surface area contributed by atoms with Crippen molar-refractivity contribution in [3.63, 3.8) is 0 Å². The first-order chi connectivity index (χ1) is 9.30. The van der Waals surface area contributed by atoms with Gasteiger partial charge in [-0.1, -0.05) is 13.0 Å². The van der Waals surface area contributed by atoms with Crippen LogP contribution in [0, 0.1) is 0 Å². The molecule has 0 radical (unpaired) electrons. The topological polar surface area (TPSA) is 38.1 Å². The third kappa shape index (κ3) is 2.19. The predicted molar refractivity (Wildman–Crippen MR) is 78.4 cm³/mol. The van der Waals surface area contributed by atoms with Gasteiger partial charge in [0, 0.05) is 24.2 Å². The molecule has 0 saturated heterocycles. The molecule has 0 aliphatic heterocycles. The van der Waals surface area contributed by atoms with Crippen LogP contribution in [0.1, 0.15) is 12.5 Å². The molecule has 0 amide bonds. The predicted octanol–water partition coefficient (Wildman–Crippen LogP) is 4.10. The smallest absolute Gasteiger partial charge is 0.136 e. The molecule has 96 valence electrons. The lowest BCUT2D eigenvalue weighted by Gasteiger charge is -1.99. The number of pyridine rings is 1. The van der Waals surface area contributed by atoms with E-state index in [1.807, 2.05) is 31.4 Å². The van der Waals surface area contributed by atoms with Crippen molar-refractivity contribution in [2.45, 2.75) is 13.3 Å². The number of fused-ring (bicyclic) bond motifs is 1. The third-order valence-corrected chi connectivity index (χ3v) is 3.29. The van der Waals surface area contributed by atoms with Crippen LogP contribution >= 0.6 is 0 Å². The minimum atomic E-state index is 0.855. The normalized spacial score (nSPS) is 10.8. The summed E-state index contributed by atoms with van der Waals surface area (Å²) in [5, 5.41) is 4.15. The molecule has 3 heteroatoms. The number of benzene rings is 1. The van der Waals surface area contributed by atoms with Gasteiger partial charge in [0.15, 0.2) is 0 Å². The fourth-order valence-electron chi connectivity index (χ4n) is 2.14. The van der Waals surface area contributed by atoms with E-state index in [0.717, 1.165) is 34.5 Å². The molecule has 19 heavy (non-hydrogen) atoms. The first-order valence-electron chi connectivity index (χ1n) is 6.47. The van der Waals surface area contributed by atoms with Crippen LogP contribution < -0.4 is 5.32 Å². The van der Waals surface area contributed by atoms with Gasteiger partial charge in [-0.3, -0.25) is 0 Å². The second kappa shape index (κ2) is 4.76. The van der Waals surface area contributed by atoms with Crippen LogP contribution in [0.25, 0.3) is 22.3 Å². The summed E-state index contributed by atoms with van der Waals surface area (Å²) in [5.74, 6) is 1.71. The van der Waals surface area contributed by atoms with E-state index in [1.54, 1.807) is 0 Å². The maximum Gasteiger partial charge on any atom is 0.136 e. The Kier molecular flexibility index (Phi) is 2.95. The summed E-state index contributed by atoms with van der Waals surface area (Å²) in [6.07, 6.45) is 2.86. The highest BCUT2D eigenvalue weighted by molar-refractivity contribution is 5.83. The zero-order valence-corrected chi connectivity index (χ0v) is 11.1. The molecule has 3 aromatic rings. The fourth-order valence-corrected chi connectivity index (χ4v) is 2.14. The number of aryl methyl sites for hydroxylation is 1. The standard InChI is InChI=1S/C16H16N2O/c1-3-11-4-6-14-13(8-11)9-15(19-14)12-5-7-16(17-2)18-10-12/h4-10H,3H2,1-2H3,(H,17,18). The van der Waals surface area contributed by atoms with E-state index >= 15 is 0 Å². The summed E-state index contributed by atoms with van der Waals surface area (Å²) < 4.78 is 5.87. The number of rotatable bonds is 3. The SMILES string of the molecule is CCc1ccc2oc(-c3ccc(NC)nc3)cc2c1. The Morgan fingerprint density at radius 3 is 2.74 bits per heavy atom. The Morgan fingerprint density at radius 1 is 1.16 bits per heavy atom. The van der Waals surface area contributed by atoms with Gasteiger partial charge in [0.05, 0.1) is 0 Å². The first-order valence-corrected chi connectivity index (χ1v) is 6.47. The van der Waals surface area contributed by atoms with Crippen LogP contribution in [0.4, 0.5) is 5.82 Å². The molecule has 1 aromatic carbocycles. The lowest BCUT2D eigenvalue weighted by Crippen LogP contribution is -1.90. The molecule has 0 aliphatic rings. The van der Waals surface area contributed by atoms with Gasteiger partial charge in [0.2, 0.25) is 0 Å². The summed E-state index contributed by atoms with van der Waals surface area (Å²) in [4.78, 5) is 4.31. The maximum absolute atomic E-state index is 5.87. The minimum absolute atomic E-state index is 0.855. The molecule has 0 fully saturated rings. The number of aromatic nitrogens is 1. The molecule has 1 N–H and O–H groups in total. The van der Waals surface area contributed by atoms with Gasteiger partial charge in [-0.05, 0) is 42.3 Å². The third-order valence-electron chi connectivity index (χ3n) is 3.29. The fraction of sp³-hybridized carbons (Fsp3) is 0.188. The molecule has 2 heterocycles. The minimum Gasteiger partial charge on any atom is -0.456 e. The monoisotopic (exact) mass is 252 g/mol. The van der Waals surface area contributed by atoms with E-state index in [0.29, 0.717) is 0 Å².